The fourth-order valence-corrected chi connectivity index (χ4v) is 2.43. The van der Waals surface area contributed by atoms with Gasteiger partial charge in [0.1, 0.15) is 0 Å². The summed E-state index contributed by atoms with van der Waals surface area (Å²) in [5.41, 5.74) is 6.48. The van der Waals surface area contributed by atoms with Crippen LogP contribution in [0.15, 0.2) is 24.3 Å². The molecule has 0 bridgehead atoms. The van der Waals surface area contributed by atoms with Crippen molar-refractivity contribution in [3.05, 3.63) is 34.9 Å². The molecule has 0 spiro atoms. The number of hydrogen-bond donors (Lipinski definition) is 1. The molecule has 2 nitrogen and oxygen atoms in total. The van der Waals surface area contributed by atoms with Gasteiger partial charge in [-0.25, -0.2) is 0 Å². The van der Waals surface area contributed by atoms with Gasteiger partial charge in [-0.2, -0.15) is 0 Å². The standard InChI is InChI=1S/C12H14ClNO/c13-10-4-2-9(3-5-10)12(6-1-7-12)8-11(14)15/h2-5H,1,6-8H2,(H2,14,15). The van der Waals surface area contributed by atoms with Crippen LogP contribution in [-0.4, -0.2) is 5.91 Å². The number of carbonyl (C=O) groups is 1. The Morgan fingerprint density at radius 1 is 1.33 bits per heavy atom. The molecule has 0 radical (unpaired) electrons. The molecule has 1 aliphatic carbocycles. The molecule has 3 heteroatoms. The van der Waals surface area contributed by atoms with E-state index in [4.69, 9.17) is 17.3 Å². The quantitative estimate of drug-likeness (QED) is 0.841. The van der Waals surface area contributed by atoms with Crippen molar-refractivity contribution in [2.24, 2.45) is 5.73 Å². The molecule has 1 aliphatic rings. The average molecular weight is 224 g/mol. The first kappa shape index (κ1) is 10.5. The zero-order valence-electron chi connectivity index (χ0n) is 8.50. The molecule has 1 amide bonds. The minimum atomic E-state index is -0.218. The van der Waals surface area contributed by atoms with Gasteiger partial charge in [0.15, 0.2) is 0 Å². The molecule has 0 aliphatic heterocycles. The lowest BCUT2D eigenvalue weighted by Crippen LogP contribution is -2.38. The minimum absolute atomic E-state index is 0.00355. The molecule has 80 valence electrons. The number of rotatable bonds is 3. The monoisotopic (exact) mass is 223 g/mol. The van der Waals surface area contributed by atoms with Gasteiger partial charge in [-0.15, -0.1) is 0 Å². The van der Waals surface area contributed by atoms with Crippen molar-refractivity contribution in [3.63, 3.8) is 0 Å². The molecule has 0 saturated heterocycles. The third kappa shape index (κ3) is 2.00. The van der Waals surface area contributed by atoms with Gasteiger partial charge in [0.25, 0.3) is 0 Å². The highest BCUT2D eigenvalue weighted by atomic mass is 35.5. The molecule has 1 saturated carbocycles. The second-order valence-corrected chi connectivity index (χ2v) is 4.72. The lowest BCUT2D eigenvalue weighted by molar-refractivity contribution is -0.120. The maximum Gasteiger partial charge on any atom is 0.218 e. The Bertz CT molecular complexity index is 368. The fraction of sp³-hybridized carbons (Fsp3) is 0.417. The number of hydrogen-bond acceptors (Lipinski definition) is 1. The topological polar surface area (TPSA) is 43.1 Å². The van der Waals surface area contributed by atoms with Crippen molar-refractivity contribution >= 4 is 17.5 Å². The van der Waals surface area contributed by atoms with E-state index in [1.54, 1.807) is 0 Å². The van der Waals surface area contributed by atoms with E-state index in [0.717, 1.165) is 17.9 Å². The van der Waals surface area contributed by atoms with Gasteiger partial charge in [0.2, 0.25) is 5.91 Å². The molecule has 2 N–H and O–H groups in total. The second kappa shape index (κ2) is 3.86. The molecule has 2 rings (SSSR count). The molecule has 1 aromatic carbocycles. The van der Waals surface area contributed by atoms with Crippen molar-refractivity contribution < 1.29 is 4.79 Å². The molecule has 0 heterocycles. The van der Waals surface area contributed by atoms with E-state index in [1.165, 1.54) is 12.0 Å². The van der Waals surface area contributed by atoms with Crippen LogP contribution in [0.4, 0.5) is 0 Å². The first-order valence-corrected chi connectivity index (χ1v) is 5.55. The number of amides is 1. The van der Waals surface area contributed by atoms with Crippen molar-refractivity contribution in [3.8, 4) is 0 Å². The van der Waals surface area contributed by atoms with Crippen LogP contribution in [-0.2, 0) is 10.2 Å². The number of halogens is 1. The minimum Gasteiger partial charge on any atom is -0.370 e. The highest BCUT2D eigenvalue weighted by molar-refractivity contribution is 6.30. The molecule has 0 aromatic heterocycles. The van der Waals surface area contributed by atoms with Crippen LogP contribution in [0.2, 0.25) is 5.02 Å². The Kier molecular flexibility index (Phi) is 2.70. The first-order valence-electron chi connectivity index (χ1n) is 5.17. The van der Waals surface area contributed by atoms with Gasteiger partial charge in [-0.05, 0) is 30.5 Å². The molecule has 1 fully saturated rings. The first-order chi connectivity index (χ1) is 7.12. The number of benzene rings is 1. The van der Waals surface area contributed by atoms with Gasteiger partial charge < -0.3 is 5.73 Å². The summed E-state index contributed by atoms with van der Waals surface area (Å²) >= 11 is 5.84. The van der Waals surface area contributed by atoms with E-state index in [1.807, 2.05) is 24.3 Å². The highest BCUT2D eigenvalue weighted by Crippen LogP contribution is 2.46. The van der Waals surface area contributed by atoms with Gasteiger partial charge in [-0.1, -0.05) is 30.2 Å². The lowest BCUT2D eigenvalue weighted by atomic mass is 9.62. The van der Waals surface area contributed by atoms with Crippen LogP contribution in [0.25, 0.3) is 0 Å². The normalized spacial score (nSPS) is 18.2. The van der Waals surface area contributed by atoms with Gasteiger partial charge in [0, 0.05) is 16.9 Å². The second-order valence-electron chi connectivity index (χ2n) is 4.28. The predicted octanol–water partition coefficient (Wildman–Crippen LogP) is 2.64. The van der Waals surface area contributed by atoms with Crippen molar-refractivity contribution in [1.82, 2.24) is 0 Å². The van der Waals surface area contributed by atoms with Gasteiger partial charge in [0.05, 0.1) is 0 Å². The van der Waals surface area contributed by atoms with Crippen LogP contribution in [0.3, 0.4) is 0 Å². The fourth-order valence-electron chi connectivity index (χ4n) is 2.31. The maximum atomic E-state index is 11.0. The zero-order valence-corrected chi connectivity index (χ0v) is 9.26. The highest BCUT2D eigenvalue weighted by Gasteiger charge is 2.39. The number of nitrogens with two attached hydrogens (primary N) is 1. The SMILES string of the molecule is NC(=O)CC1(c2ccc(Cl)cc2)CCC1. The Balaban J connectivity index is 2.26. The van der Waals surface area contributed by atoms with Crippen molar-refractivity contribution in [1.29, 1.82) is 0 Å². The Labute approximate surface area is 94.4 Å². The molecule has 1 aromatic rings. The van der Waals surface area contributed by atoms with Crippen molar-refractivity contribution in [2.45, 2.75) is 31.1 Å². The van der Waals surface area contributed by atoms with Crippen LogP contribution >= 0.6 is 11.6 Å². The zero-order chi connectivity index (χ0) is 10.9. The van der Waals surface area contributed by atoms with E-state index < -0.39 is 0 Å². The van der Waals surface area contributed by atoms with E-state index in [0.29, 0.717) is 6.42 Å². The summed E-state index contributed by atoms with van der Waals surface area (Å²) in [5.74, 6) is -0.218. The predicted molar refractivity (Wildman–Crippen MR) is 60.8 cm³/mol. The summed E-state index contributed by atoms with van der Waals surface area (Å²) in [5, 5.41) is 0.729. The van der Waals surface area contributed by atoms with E-state index >= 15 is 0 Å². The molecular weight excluding hydrogens is 210 g/mol. The van der Waals surface area contributed by atoms with Crippen LogP contribution in [0, 0.1) is 0 Å². The van der Waals surface area contributed by atoms with Gasteiger partial charge in [-0.3, -0.25) is 4.79 Å². The van der Waals surface area contributed by atoms with Crippen molar-refractivity contribution in [2.75, 3.05) is 0 Å². The van der Waals surface area contributed by atoms with E-state index in [2.05, 4.69) is 0 Å². The van der Waals surface area contributed by atoms with Gasteiger partial charge >= 0.3 is 0 Å². The molecular formula is C12H14ClNO. The van der Waals surface area contributed by atoms with Crippen LogP contribution in [0.1, 0.15) is 31.2 Å². The Morgan fingerprint density at radius 2 is 1.93 bits per heavy atom. The summed E-state index contributed by atoms with van der Waals surface area (Å²) in [6, 6.07) is 7.75. The smallest absolute Gasteiger partial charge is 0.218 e. The summed E-state index contributed by atoms with van der Waals surface area (Å²) in [4.78, 5) is 11.0. The van der Waals surface area contributed by atoms with Crippen LogP contribution < -0.4 is 5.73 Å². The largest absolute Gasteiger partial charge is 0.370 e. The summed E-state index contributed by atoms with van der Waals surface area (Å²) in [7, 11) is 0. The summed E-state index contributed by atoms with van der Waals surface area (Å²) in [6.45, 7) is 0. The van der Waals surface area contributed by atoms with Crippen LogP contribution in [0.5, 0.6) is 0 Å². The van der Waals surface area contributed by atoms with E-state index in [9.17, 15) is 4.79 Å². The number of primary amides is 1. The molecule has 0 atom stereocenters. The average Bonchev–Trinajstić information content (AvgIpc) is 2.13. The van der Waals surface area contributed by atoms with E-state index in [-0.39, 0.29) is 11.3 Å². The molecule has 15 heavy (non-hydrogen) atoms. The number of carbonyl (C=O) groups excluding carboxylic acids is 1. The Morgan fingerprint density at radius 3 is 2.33 bits per heavy atom. The lowest BCUT2D eigenvalue weighted by Gasteiger charge is -2.41. The third-order valence-corrected chi connectivity index (χ3v) is 3.53. The summed E-state index contributed by atoms with van der Waals surface area (Å²) < 4.78 is 0. The maximum absolute atomic E-state index is 11.0. The third-order valence-electron chi connectivity index (χ3n) is 3.28. The molecule has 0 unspecified atom stereocenters. The summed E-state index contributed by atoms with van der Waals surface area (Å²) in [6.07, 6.45) is 3.74. The Hall–Kier alpha value is -1.02.